The zero-order valence-electron chi connectivity index (χ0n) is 32.9. The largest absolute Gasteiger partial charge is 0.349 e. The summed E-state index contributed by atoms with van der Waals surface area (Å²) in [5.74, 6) is -0.881. The predicted octanol–water partition coefficient (Wildman–Crippen LogP) is 5.71. The SMILES string of the molecule is C=CCCNC(=O)C(=O)C(CC1CCC1)NC(=O)[C@@H]1C2C(CN1C(=O)[C@@H](NC(=O)NC1(C/S(=C/C)C(C)(C)C)CCCCC1)C(C)(C)C)C2(C)C. The van der Waals surface area contributed by atoms with Gasteiger partial charge in [-0.1, -0.05) is 105 Å². The number of hydrogen-bond acceptors (Lipinski definition) is 5. The maximum absolute atomic E-state index is 14.6. The van der Waals surface area contributed by atoms with Crippen molar-refractivity contribution >= 4 is 45.4 Å². The highest BCUT2D eigenvalue weighted by Crippen LogP contribution is 2.65. The number of likely N-dealkylation sites (tertiary alicyclic amines) is 1. The van der Waals surface area contributed by atoms with E-state index in [-0.39, 0.29) is 55.9 Å². The molecule has 4 unspecified atom stereocenters. The van der Waals surface area contributed by atoms with Gasteiger partial charge in [0, 0.05) is 23.6 Å². The lowest BCUT2D eigenvalue weighted by Crippen LogP contribution is -2.63. The van der Waals surface area contributed by atoms with Crippen LogP contribution in [-0.4, -0.2) is 87.1 Å². The number of urea groups is 1. The molecule has 4 fully saturated rings. The Morgan fingerprint density at radius 2 is 1.61 bits per heavy atom. The van der Waals surface area contributed by atoms with Gasteiger partial charge in [0.15, 0.2) is 0 Å². The highest BCUT2D eigenvalue weighted by molar-refractivity contribution is 8.16. The number of fused-ring (bicyclic) bond motifs is 1. The molecule has 4 N–H and O–H groups in total. The lowest BCUT2D eigenvalue weighted by Gasteiger charge is -2.43. The minimum absolute atomic E-state index is 0.0144. The van der Waals surface area contributed by atoms with Crippen molar-refractivity contribution in [2.45, 2.75) is 155 Å². The number of nitrogens with zero attached hydrogens (tertiary/aromatic N) is 1. The fourth-order valence-electron chi connectivity index (χ4n) is 8.60. The van der Waals surface area contributed by atoms with Crippen LogP contribution < -0.4 is 21.3 Å². The molecule has 3 aliphatic carbocycles. The Balaban J connectivity index is 1.54. The second-order valence-corrected chi connectivity index (χ2v) is 21.2. The molecule has 4 rings (SSSR count). The molecule has 1 heterocycles. The second-order valence-electron chi connectivity index (χ2n) is 18.3. The summed E-state index contributed by atoms with van der Waals surface area (Å²) in [7, 11) is -0.0144. The molecule has 4 aliphatic rings. The van der Waals surface area contributed by atoms with E-state index in [0.717, 1.165) is 57.1 Å². The molecule has 0 aromatic carbocycles. The van der Waals surface area contributed by atoms with Crippen LogP contribution in [0, 0.1) is 28.6 Å². The van der Waals surface area contributed by atoms with Crippen LogP contribution in [0.4, 0.5) is 4.79 Å². The van der Waals surface area contributed by atoms with Crippen molar-refractivity contribution < 1.29 is 24.0 Å². The van der Waals surface area contributed by atoms with E-state index in [0.29, 0.717) is 25.9 Å². The van der Waals surface area contributed by atoms with Gasteiger partial charge in [-0.15, -0.1) is 6.58 Å². The molecule has 6 atom stereocenters. The molecule has 51 heavy (non-hydrogen) atoms. The van der Waals surface area contributed by atoms with E-state index in [9.17, 15) is 24.0 Å². The quantitative estimate of drug-likeness (QED) is 0.0786. The maximum Gasteiger partial charge on any atom is 0.315 e. The number of ketones is 1. The molecule has 0 aromatic rings. The third-order valence-corrected chi connectivity index (χ3v) is 15.1. The van der Waals surface area contributed by atoms with Gasteiger partial charge in [0.25, 0.3) is 5.91 Å². The summed E-state index contributed by atoms with van der Waals surface area (Å²) in [5.41, 5.74) is -1.14. The van der Waals surface area contributed by atoms with Crippen molar-refractivity contribution in [2.24, 2.45) is 28.6 Å². The Bertz CT molecular complexity index is 1370. The van der Waals surface area contributed by atoms with Crippen molar-refractivity contribution in [2.75, 3.05) is 18.8 Å². The average Bonchev–Trinajstić information content (AvgIpc) is 3.33. The summed E-state index contributed by atoms with van der Waals surface area (Å²) in [5, 5.41) is 14.4. The smallest absolute Gasteiger partial charge is 0.315 e. The van der Waals surface area contributed by atoms with Gasteiger partial charge in [0.05, 0.1) is 11.6 Å². The normalized spacial score (nSPS) is 25.7. The van der Waals surface area contributed by atoms with Crippen molar-refractivity contribution in [1.29, 1.82) is 0 Å². The Morgan fingerprint density at radius 1 is 0.961 bits per heavy atom. The van der Waals surface area contributed by atoms with E-state index in [1.807, 2.05) is 20.8 Å². The van der Waals surface area contributed by atoms with Crippen molar-refractivity contribution in [3.8, 4) is 0 Å². The van der Waals surface area contributed by atoms with Gasteiger partial charge >= 0.3 is 6.03 Å². The fourth-order valence-corrected chi connectivity index (χ4v) is 10.9. The van der Waals surface area contributed by atoms with Crippen LogP contribution >= 0.6 is 10.5 Å². The average molecular weight is 730 g/mol. The molecule has 0 radical (unpaired) electrons. The fraction of sp³-hybridized carbons (Fsp3) is 0.800. The highest BCUT2D eigenvalue weighted by atomic mass is 32.2. The molecule has 0 aromatic heterocycles. The molecule has 5 amide bonds. The van der Waals surface area contributed by atoms with E-state index in [2.05, 4.69) is 74.8 Å². The van der Waals surface area contributed by atoms with Gasteiger partial charge in [-0.2, -0.15) is 10.5 Å². The van der Waals surface area contributed by atoms with E-state index in [4.69, 9.17) is 0 Å². The zero-order chi connectivity index (χ0) is 37.9. The first-order valence-electron chi connectivity index (χ1n) is 19.4. The number of nitrogens with one attached hydrogen (secondary N) is 4. The van der Waals surface area contributed by atoms with Gasteiger partial charge in [0.1, 0.15) is 12.1 Å². The maximum atomic E-state index is 14.6. The van der Waals surface area contributed by atoms with Crippen LogP contribution in [0.1, 0.15) is 127 Å². The third-order valence-electron chi connectivity index (χ3n) is 12.1. The van der Waals surface area contributed by atoms with Gasteiger partial charge in [-0.3, -0.25) is 19.2 Å². The van der Waals surface area contributed by atoms with Crippen LogP contribution in [0.2, 0.25) is 0 Å². The number of rotatable bonds is 14. The monoisotopic (exact) mass is 729 g/mol. The molecular formula is C40H67N5O5S. The van der Waals surface area contributed by atoms with E-state index < -0.39 is 41.1 Å². The van der Waals surface area contributed by atoms with Crippen molar-refractivity contribution in [3.05, 3.63) is 12.7 Å². The number of amides is 5. The molecular weight excluding hydrogens is 663 g/mol. The lowest BCUT2D eigenvalue weighted by atomic mass is 9.80. The predicted molar refractivity (Wildman–Crippen MR) is 208 cm³/mol. The van der Waals surface area contributed by atoms with Crippen LogP contribution in [0.25, 0.3) is 0 Å². The first-order valence-corrected chi connectivity index (χ1v) is 20.8. The third kappa shape index (κ3) is 9.65. The second kappa shape index (κ2) is 16.1. The van der Waals surface area contributed by atoms with Crippen molar-refractivity contribution in [3.63, 3.8) is 0 Å². The van der Waals surface area contributed by atoms with E-state index in [1.165, 1.54) is 0 Å². The van der Waals surface area contributed by atoms with Gasteiger partial charge in [-0.05, 0) is 61.2 Å². The Hall–Kier alpha value is -2.69. The minimum atomic E-state index is -0.962. The van der Waals surface area contributed by atoms with E-state index >= 15 is 0 Å². The lowest BCUT2D eigenvalue weighted by molar-refractivity contribution is -0.145. The van der Waals surface area contributed by atoms with E-state index in [1.54, 1.807) is 11.0 Å². The number of Topliss-reactive ketones (excluding diaryl/α,β-unsaturated/α-hetero) is 1. The number of hydrogen-bond donors (Lipinski definition) is 4. The number of piperidine rings is 1. The summed E-state index contributed by atoms with van der Waals surface area (Å²) in [6.45, 7) is 23.3. The molecule has 10 nitrogen and oxygen atoms in total. The molecule has 3 saturated carbocycles. The Morgan fingerprint density at radius 3 is 2.14 bits per heavy atom. The Kier molecular flexibility index (Phi) is 13.0. The van der Waals surface area contributed by atoms with Crippen molar-refractivity contribution in [1.82, 2.24) is 26.2 Å². The first kappa shape index (κ1) is 41.1. The minimum Gasteiger partial charge on any atom is -0.349 e. The van der Waals surface area contributed by atoms with Gasteiger partial charge < -0.3 is 26.2 Å². The molecule has 0 bridgehead atoms. The molecule has 11 heteroatoms. The molecule has 0 spiro atoms. The molecule has 288 valence electrons. The standard InChI is InChI=1S/C40H67N5O5S/c1-11-13-22-41-34(48)31(46)28(23-26-18-17-19-26)42-33(47)30-29-27(39(29,9)10)24-45(30)35(49)32(37(3,4)5)43-36(50)44-40(20-15-14-16-21-40)25-51(12-2)38(6,7)8/h11-12,26-30,32H,1,13-25H2,2-10H3,(H,41,48)(H,42,47)(H2,43,44,50)/t27?,28?,29?,30-,32+,51?/m0/s1. The summed E-state index contributed by atoms with van der Waals surface area (Å²) in [4.78, 5) is 70.7. The number of carbonyl (C=O) groups excluding carboxylic acids is 5. The zero-order valence-corrected chi connectivity index (χ0v) is 33.7. The molecule has 1 aliphatic heterocycles. The summed E-state index contributed by atoms with van der Waals surface area (Å²) in [6.07, 6.45) is 10.7. The van der Waals surface area contributed by atoms with Crippen LogP contribution in [0.5, 0.6) is 0 Å². The highest BCUT2D eigenvalue weighted by Gasteiger charge is 2.70. The summed E-state index contributed by atoms with van der Waals surface area (Å²) >= 11 is 0. The van der Waals surface area contributed by atoms with Gasteiger partial charge in [0.2, 0.25) is 17.6 Å². The summed E-state index contributed by atoms with van der Waals surface area (Å²) in [6, 6.07) is -2.99. The topological polar surface area (TPSA) is 137 Å². The van der Waals surface area contributed by atoms with Crippen LogP contribution in [0.3, 0.4) is 0 Å². The van der Waals surface area contributed by atoms with Crippen LogP contribution in [-0.2, 0) is 19.2 Å². The van der Waals surface area contributed by atoms with Crippen LogP contribution in [0.15, 0.2) is 12.7 Å². The molecule has 1 saturated heterocycles. The van der Waals surface area contributed by atoms with Gasteiger partial charge in [-0.25, -0.2) is 4.79 Å². The Labute approximate surface area is 309 Å². The first-order chi connectivity index (χ1) is 23.8. The number of carbonyl (C=O) groups is 5. The summed E-state index contributed by atoms with van der Waals surface area (Å²) < 4.78 is 0.0814.